The van der Waals surface area contributed by atoms with Gasteiger partial charge in [0, 0.05) is 11.1 Å². The zero-order chi connectivity index (χ0) is 13.5. The van der Waals surface area contributed by atoms with Crippen molar-refractivity contribution in [2.75, 3.05) is 5.73 Å². The first kappa shape index (κ1) is 12.7. The van der Waals surface area contributed by atoms with Crippen LogP contribution < -0.4 is 5.73 Å². The molecule has 18 heavy (non-hydrogen) atoms. The molecule has 0 aliphatic rings. The first-order chi connectivity index (χ1) is 8.32. The van der Waals surface area contributed by atoms with E-state index in [0.29, 0.717) is 0 Å². The van der Waals surface area contributed by atoms with Gasteiger partial charge in [-0.15, -0.1) is 0 Å². The molecule has 0 radical (unpaired) electrons. The minimum Gasteiger partial charge on any atom is -0.383 e. The van der Waals surface area contributed by atoms with Crippen LogP contribution in [-0.4, -0.2) is 9.55 Å². The molecule has 2 aromatic rings. The topological polar surface area (TPSA) is 43.8 Å². The van der Waals surface area contributed by atoms with Crippen LogP contribution in [0.5, 0.6) is 0 Å². The number of aryl methyl sites for hydroxylation is 2. The van der Waals surface area contributed by atoms with E-state index in [1.54, 1.807) is 0 Å². The number of nitrogens with two attached hydrogens (primary N) is 1. The largest absolute Gasteiger partial charge is 0.383 e. The van der Waals surface area contributed by atoms with E-state index in [4.69, 9.17) is 5.73 Å². The van der Waals surface area contributed by atoms with E-state index in [2.05, 4.69) is 57.8 Å². The van der Waals surface area contributed by atoms with Gasteiger partial charge in [-0.1, -0.05) is 18.2 Å². The second-order valence-corrected chi connectivity index (χ2v) is 5.79. The fraction of sp³-hybridized carbons (Fsp3) is 0.400. The molecule has 0 spiro atoms. The van der Waals surface area contributed by atoms with Crippen LogP contribution in [0.2, 0.25) is 0 Å². The van der Waals surface area contributed by atoms with Gasteiger partial charge in [0.05, 0.1) is 6.33 Å². The highest BCUT2D eigenvalue weighted by molar-refractivity contribution is 5.76. The summed E-state index contributed by atoms with van der Waals surface area (Å²) in [6, 6.07) is 6.25. The third-order valence-corrected chi connectivity index (χ3v) is 3.25. The Labute approximate surface area is 109 Å². The van der Waals surface area contributed by atoms with Crippen molar-refractivity contribution in [3.8, 4) is 11.3 Å². The highest BCUT2D eigenvalue weighted by Gasteiger charge is 2.20. The van der Waals surface area contributed by atoms with E-state index < -0.39 is 0 Å². The molecule has 0 aliphatic heterocycles. The summed E-state index contributed by atoms with van der Waals surface area (Å²) in [7, 11) is 0. The van der Waals surface area contributed by atoms with Crippen molar-refractivity contribution in [2.24, 2.45) is 0 Å². The molecule has 2 N–H and O–H groups in total. The fourth-order valence-corrected chi connectivity index (χ4v) is 2.27. The van der Waals surface area contributed by atoms with E-state index >= 15 is 0 Å². The summed E-state index contributed by atoms with van der Waals surface area (Å²) in [6.07, 6.45) is 1.83. The molecule has 3 heteroatoms. The predicted octanol–water partition coefficient (Wildman–Crippen LogP) is 3.50. The van der Waals surface area contributed by atoms with Crippen molar-refractivity contribution < 1.29 is 0 Å². The number of rotatable bonds is 1. The maximum Gasteiger partial charge on any atom is 0.132 e. The SMILES string of the molecule is Cc1cccc(C)c1-c1ncn(C(C)(C)C)c1N. The van der Waals surface area contributed by atoms with Crippen molar-refractivity contribution in [3.63, 3.8) is 0 Å². The summed E-state index contributed by atoms with van der Waals surface area (Å²) < 4.78 is 2.02. The van der Waals surface area contributed by atoms with Crippen LogP contribution in [0.1, 0.15) is 31.9 Å². The number of nitrogens with zero attached hydrogens (tertiary/aromatic N) is 2. The van der Waals surface area contributed by atoms with Gasteiger partial charge in [-0.3, -0.25) is 0 Å². The number of nitrogen functional groups attached to an aromatic ring is 1. The molecular weight excluding hydrogens is 222 g/mol. The molecule has 0 amide bonds. The van der Waals surface area contributed by atoms with Gasteiger partial charge < -0.3 is 10.3 Å². The molecule has 0 saturated heterocycles. The van der Waals surface area contributed by atoms with E-state index in [1.165, 1.54) is 11.1 Å². The highest BCUT2D eigenvalue weighted by Crippen LogP contribution is 2.32. The lowest BCUT2D eigenvalue weighted by atomic mass is 10.00. The average molecular weight is 243 g/mol. The van der Waals surface area contributed by atoms with Gasteiger partial charge >= 0.3 is 0 Å². The third-order valence-electron chi connectivity index (χ3n) is 3.25. The quantitative estimate of drug-likeness (QED) is 0.833. The second-order valence-electron chi connectivity index (χ2n) is 5.79. The van der Waals surface area contributed by atoms with Crippen LogP contribution in [0, 0.1) is 13.8 Å². The maximum absolute atomic E-state index is 6.26. The number of imidazole rings is 1. The lowest BCUT2D eigenvalue weighted by molar-refractivity contribution is 0.402. The lowest BCUT2D eigenvalue weighted by Gasteiger charge is -2.22. The molecule has 2 rings (SSSR count). The van der Waals surface area contributed by atoms with Crippen molar-refractivity contribution in [2.45, 2.75) is 40.2 Å². The number of anilines is 1. The first-order valence-corrected chi connectivity index (χ1v) is 6.22. The summed E-state index contributed by atoms with van der Waals surface area (Å²) in [4.78, 5) is 4.51. The summed E-state index contributed by atoms with van der Waals surface area (Å²) in [5.41, 5.74) is 10.7. The Kier molecular flexibility index (Phi) is 2.93. The summed E-state index contributed by atoms with van der Waals surface area (Å²) >= 11 is 0. The Balaban J connectivity index is 2.64. The van der Waals surface area contributed by atoms with Gasteiger partial charge in [0.2, 0.25) is 0 Å². The third kappa shape index (κ3) is 2.01. The summed E-state index contributed by atoms with van der Waals surface area (Å²) in [5.74, 6) is 0.736. The van der Waals surface area contributed by atoms with Gasteiger partial charge in [-0.25, -0.2) is 4.98 Å². The normalized spacial score (nSPS) is 11.8. The average Bonchev–Trinajstić information content (AvgIpc) is 2.60. The van der Waals surface area contributed by atoms with Crippen LogP contribution in [0.3, 0.4) is 0 Å². The summed E-state index contributed by atoms with van der Waals surface area (Å²) in [5, 5.41) is 0. The monoisotopic (exact) mass is 243 g/mol. The fourth-order valence-electron chi connectivity index (χ4n) is 2.27. The van der Waals surface area contributed by atoms with Crippen molar-refractivity contribution in [1.29, 1.82) is 0 Å². The van der Waals surface area contributed by atoms with Gasteiger partial charge in [0.25, 0.3) is 0 Å². The molecule has 1 heterocycles. The van der Waals surface area contributed by atoms with Crippen molar-refractivity contribution in [1.82, 2.24) is 9.55 Å². The molecule has 0 fully saturated rings. The molecule has 0 saturated carbocycles. The number of hydrogen-bond acceptors (Lipinski definition) is 2. The lowest BCUT2D eigenvalue weighted by Crippen LogP contribution is -2.22. The van der Waals surface area contributed by atoms with Crippen LogP contribution in [0.4, 0.5) is 5.82 Å². The first-order valence-electron chi connectivity index (χ1n) is 6.22. The molecule has 3 nitrogen and oxygen atoms in total. The molecule has 0 unspecified atom stereocenters. The number of hydrogen-bond donors (Lipinski definition) is 1. The molecule has 1 aromatic carbocycles. The smallest absolute Gasteiger partial charge is 0.132 e. The van der Waals surface area contributed by atoms with Gasteiger partial charge in [0.1, 0.15) is 11.5 Å². The van der Waals surface area contributed by atoms with Gasteiger partial charge in [-0.05, 0) is 45.7 Å². The minimum atomic E-state index is -0.0497. The second kappa shape index (κ2) is 4.16. The highest BCUT2D eigenvalue weighted by atomic mass is 15.2. The molecule has 0 bridgehead atoms. The van der Waals surface area contributed by atoms with Crippen LogP contribution in [0.15, 0.2) is 24.5 Å². The van der Waals surface area contributed by atoms with Crippen LogP contribution in [-0.2, 0) is 5.54 Å². The molecule has 0 aliphatic carbocycles. The Morgan fingerprint density at radius 3 is 2.11 bits per heavy atom. The number of aromatic nitrogens is 2. The standard InChI is InChI=1S/C15H21N3/c1-10-7-6-8-11(2)12(10)13-14(16)18(9-17-13)15(3,4)5/h6-9H,16H2,1-5H3. The van der Waals surface area contributed by atoms with E-state index in [-0.39, 0.29) is 5.54 Å². The Bertz CT molecular complexity index is 554. The minimum absolute atomic E-state index is 0.0497. The van der Waals surface area contributed by atoms with E-state index in [0.717, 1.165) is 17.1 Å². The molecule has 0 atom stereocenters. The Morgan fingerprint density at radius 1 is 1.11 bits per heavy atom. The Morgan fingerprint density at radius 2 is 1.67 bits per heavy atom. The molecule has 1 aromatic heterocycles. The Hall–Kier alpha value is -1.77. The van der Waals surface area contributed by atoms with Crippen LogP contribution in [0.25, 0.3) is 11.3 Å². The molecule has 96 valence electrons. The van der Waals surface area contributed by atoms with Gasteiger partial charge in [0.15, 0.2) is 0 Å². The van der Waals surface area contributed by atoms with Crippen molar-refractivity contribution in [3.05, 3.63) is 35.7 Å². The zero-order valence-electron chi connectivity index (χ0n) is 11.8. The summed E-state index contributed by atoms with van der Waals surface area (Å²) in [6.45, 7) is 10.6. The van der Waals surface area contributed by atoms with Gasteiger partial charge in [-0.2, -0.15) is 0 Å². The molecular formula is C15H21N3. The maximum atomic E-state index is 6.26. The predicted molar refractivity (Wildman–Crippen MR) is 76.5 cm³/mol. The van der Waals surface area contributed by atoms with E-state index in [9.17, 15) is 0 Å². The van der Waals surface area contributed by atoms with Crippen molar-refractivity contribution >= 4 is 5.82 Å². The zero-order valence-corrected chi connectivity index (χ0v) is 11.8. The van der Waals surface area contributed by atoms with E-state index in [1.807, 2.05) is 10.9 Å². The van der Waals surface area contributed by atoms with Crippen LogP contribution >= 0.6 is 0 Å². The number of benzene rings is 1.